The maximum Gasteiger partial charge on any atom is 0.0460 e. The number of hydrogen-bond acceptors (Lipinski definition) is 2. The minimum atomic E-state index is 0.335. The van der Waals surface area contributed by atoms with E-state index >= 15 is 0 Å². The van der Waals surface area contributed by atoms with Crippen molar-refractivity contribution >= 4 is 0 Å². The number of likely N-dealkylation sites (tertiary alicyclic amines) is 1. The van der Waals surface area contributed by atoms with Crippen LogP contribution in [-0.4, -0.2) is 29.7 Å². The van der Waals surface area contributed by atoms with Crippen LogP contribution in [0.4, 0.5) is 0 Å². The highest BCUT2D eigenvalue weighted by molar-refractivity contribution is 5.26. The molecular weight excluding hydrogens is 282 g/mol. The first-order chi connectivity index (χ1) is 11.3. The summed E-state index contributed by atoms with van der Waals surface area (Å²) in [6.07, 6.45) is 3.26. The second-order valence-electron chi connectivity index (χ2n) is 6.78. The maximum absolute atomic E-state index is 9.38. The van der Waals surface area contributed by atoms with Crippen LogP contribution < -0.4 is 0 Å². The van der Waals surface area contributed by atoms with E-state index in [0.717, 1.165) is 32.4 Å². The molecule has 1 heterocycles. The fourth-order valence-electron chi connectivity index (χ4n) is 3.53. The molecule has 1 atom stereocenters. The molecule has 2 heteroatoms. The summed E-state index contributed by atoms with van der Waals surface area (Å²) >= 11 is 0. The largest absolute Gasteiger partial charge is 0.396 e. The van der Waals surface area contributed by atoms with Crippen LogP contribution in [0.15, 0.2) is 54.6 Å². The summed E-state index contributed by atoms with van der Waals surface area (Å²) in [5.74, 6) is 0.488. The average Bonchev–Trinajstić information content (AvgIpc) is 2.62. The highest BCUT2D eigenvalue weighted by atomic mass is 16.3. The van der Waals surface area contributed by atoms with Crippen molar-refractivity contribution in [3.63, 3.8) is 0 Å². The smallest absolute Gasteiger partial charge is 0.0460 e. The number of benzene rings is 2. The molecule has 1 aliphatic rings. The Kier molecular flexibility index (Phi) is 5.47. The van der Waals surface area contributed by atoms with Gasteiger partial charge in [-0.1, -0.05) is 60.2 Å². The molecule has 2 nitrogen and oxygen atoms in total. The van der Waals surface area contributed by atoms with Gasteiger partial charge in [0.1, 0.15) is 0 Å². The van der Waals surface area contributed by atoms with Crippen LogP contribution in [0.1, 0.15) is 35.6 Å². The maximum atomic E-state index is 9.38. The van der Waals surface area contributed by atoms with Crippen molar-refractivity contribution in [1.82, 2.24) is 4.90 Å². The standard InChI is InChI=1S/C21H27NO/c1-17-7-9-18(10-8-17)15-21(20-5-3-2-4-6-20)22-13-11-19(16-23)12-14-22/h2-10,19,21,23H,11-16H2,1H3. The fourth-order valence-corrected chi connectivity index (χ4v) is 3.53. The van der Waals surface area contributed by atoms with Crippen LogP contribution in [0.3, 0.4) is 0 Å². The van der Waals surface area contributed by atoms with Gasteiger partial charge in [0.25, 0.3) is 0 Å². The second kappa shape index (κ2) is 7.76. The number of aliphatic hydroxyl groups excluding tert-OH is 1. The van der Waals surface area contributed by atoms with Gasteiger partial charge in [-0.05, 0) is 56.3 Å². The van der Waals surface area contributed by atoms with Gasteiger partial charge >= 0.3 is 0 Å². The van der Waals surface area contributed by atoms with Gasteiger partial charge in [0.05, 0.1) is 0 Å². The van der Waals surface area contributed by atoms with Crippen molar-refractivity contribution in [2.45, 2.75) is 32.2 Å². The molecule has 2 aromatic rings. The van der Waals surface area contributed by atoms with Crippen LogP contribution in [0.2, 0.25) is 0 Å². The topological polar surface area (TPSA) is 23.5 Å². The van der Waals surface area contributed by atoms with Crippen LogP contribution in [-0.2, 0) is 6.42 Å². The van der Waals surface area contributed by atoms with Crippen molar-refractivity contribution in [2.24, 2.45) is 5.92 Å². The molecule has 23 heavy (non-hydrogen) atoms. The predicted octanol–water partition coefficient (Wildman–Crippen LogP) is 3.98. The molecule has 3 rings (SSSR count). The highest BCUT2D eigenvalue weighted by Gasteiger charge is 2.25. The summed E-state index contributed by atoms with van der Waals surface area (Å²) in [5, 5.41) is 9.38. The number of rotatable bonds is 5. The zero-order chi connectivity index (χ0) is 16.1. The molecule has 0 aromatic heterocycles. The Morgan fingerprint density at radius 2 is 1.65 bits per heavy atom. The first-order valence-corrected chi connectivity index (χ1v) is 8.71. The van der Waals surface area contributed by atoms with Crippen LogP contribution in [0, 0.1) is 12.8 Å². The number of piperidine rings is 1. The number of aryl methyl sites for hydroxylation is 1. The first kappa shape index (κ1) is 16.2. The van der Waals surface area contributed by atoms with E-state index in [9.17, 15) is 5.11 Å². The quantitative estimate of drug-likeness (QED) is 0.903. The van der Waals surface area contributed by atoms with E-state index < -0.39 is 0 Å². The zero-order valence-corrected chi connectivity index (χ0v) is 14.0. The normalized spacial score (nSPS) is 18.0. The Morgan fingerprint density at radius 3 is 2.26 bits per heavy atom. The summed E-state index contributed by atoms with van der Waals surface area (Å²) in [5.41, 5.74) is 4.11. The van der Waals surface area contributed by atoms with Crippen LogP contribution >= 0.6 is 0 Å². The van der Waals surface area contributed by atoms with Crippen LogP contribution in [0.25, 0.3) is 0 Å². The number of nitrogens with zero attached hydrogens (tertiary/aromatic N) is 1. The molecule has 1 saturated heterocycles. The van der Waals surface area contributed by atoms with E-state index in [-0.39, 0.29) is 0 Å². The minimum Gasteiger partial charge on any atom is -0.396 e. The molecular formula is C21H27NO. The summed E-state index contributed by atoms with van der Waals surface area (Å²) in [7, 11) is 0. The third-order valence-electron chi connectivity index (χ3n) is 5.08. The Labute approximate surface area is 139 Å². The monoisotopic (exact) mass is 309 g/mol. The summed E-state index contributed by atoms with van der Waals surface area (Å²) < 4.78 is 0. The van der Waals surface area contributed by atoms with Crippen molar-refractivity contribution in [3.05, 3.63) is 71.3 Å². The third kappa shape index (κ3) is 4.21. The Hall–Kier alpha value is -1.64. The zero-order valence-electron chi connectivity index (χ0n) is 14.0. The Morgan fingerprint density at radius 1 is 1.00 bits per heavy atom. The highest BCUT2D eigenvalue weighted by Crippen LogP contribution is 2.29. The summed E-state index contributed by atoms with van der Waals surface area (Å²) in [6.45, 7) is 4.63. The van der Waals surface area contributed by atoms with E-state index in [1.54, 1.807) is 0 Å². The van der Waals surface area contributed by atoms with E-state index in [4.69, 9.17) is 0 Å². The predicted molar refractivity (Wildman–Crippen MR) is 95.4 cm³/mol. The lowest BCUT2D eigenvalue weighted by Gasteiger charge is -2.37. The van der Waals surface area contributed by atoms with Gasteiger partial charge in [0.2, 0.25) is 0 Å². The molecule has 1 unspecified atom stereocenters. The van der Waals surface area contributed by atoms with Crippen molar-refractivity contribution < 1.29 is 5.11 Å². The van der Waals surface area contributed by atoms with Gasteiger partial charge in [-0.15, -0.1) is 0 Å². The van der Waals surface area contributed by atoms with E-state index in [2.05, 4.69) is 66.4 Å². The Bertz CT molecular complexity index is 585. The summed E-state index contributed by atoms with van der Waals surface area (Å²) in [4.78, 5) is 2.60. The van der Waals surface area contributed by atoms with Crippen LogP contribution in [0.5, 0.6) is 0 Å². The average molecular weight is 309 g/mol. The van der Waals surface area contributed by atoms with E-state index in [1.165, 1.54) is 16.7 Å². The SMILES string of the molecule is Cc1ccc(CC(c2ccccc2)N2CCC(CO)CC2)cc1. The first-order valence-electron chi connectivity index (χ1n) is 8.71. The van der Waals surface area contributed by atoms with Gasteiger partial charge < -0.3 is 5.11 Å². The molecule has 0 bridgehead atoms. The van der Waals surface area contributed by atoms with E-state index in [1.807, 2.05) is 0 Å². The molecule has 2 aromatic carbocycles. The van der Waals surface area contributed by atoms with Crippen molar-refractivity contribution in [3.8, 4) is 0 Å². The number of aliphatic hydroxyl groups is 1. The molecule has 0 saturated carbocycles. The lowest BCUT2D eigenvalue weighted by atomic mass is 9.92. The lowest BCUT2D eigenvalue weighted by molar-refractivity contribution is 0.0996. The van der Waals surface area contributed by atoms with Gasteiger partial charge in [-0.3, -0.25) is 4.90 Å². The molecule has 1 fully saturated rings. The Balaban J connectivity index is 1.78. The van der Waals surface area contributed by atoms with Gasteiger partial charge in [0.15, 0.2) is 0 Å². The summed E-state index contributed by atoms with van der Waals surface area (Å²) in [6, 6.07) is 20.2. The van der Waals surface area contributed by atoms with Crippen molar-refractivity contribution in [1.29, 1.82) is 0 Å². The fraction of sp³-hybridized carbons (Fsp3) is 0.429. The molecule has 0 spiro atoms. The molecule has 0 radical (unpaired) electrons. The van der Waals surface area contributed by atoms with Crippen molar-refractivity contribution in [2.75, 3.05) is 19.7 Å². The van der Waals surface area contributed by atoms with Gasteiger partial charge in [-0.25, -0.2) is 0 Å². The molecule has 0 amide bonds. The molecule has 0 aliphatic carbocycles. The third-order valence-corrected chi connectivity index (χ3v) is 5.08. The molecule has 122 valence electrons. The van der Waals surface area contributed by atoms with E-state index in [0.29, 0.717) is 18.6 Å². The lowest BCUT2D eigenvalue weighted by Crippen LogP contribution is -2.38. The minimum absolute atomic E-state index is 0.335. The number of hydrogen-bond donors (Lipinski definition) is 1. The second-order valence-corrected chi connectivity index (χ2v) is 6.78. The molecule has 1 aliphatic heterocycles. The molecule has 1 N–H and O–H groups in total. The van der Waals surface area contributed by atoms with Gasteiger partial charge in [0, 0.05) is 12.6 Å². The van der Waals surface area contributed by atoms with Gasteiger partial charge in [-0.2, -0.15) is 0 Å².